The Labute approximate surface area is 131 Å². The highest BCUT2D eigenvalue weighted by molar-refractivity contribution is 9.10. The van der Waals surface area contributed by atoms with Crippen LogP contribution in [0.5, 0.6) is 0 Å². The summed E-state index contributed by atoms with van der Waals surface area (Å²) in [6.07, 6.45) is 1.76. The molecule has 0 unspecified atom stereocenters. The van der Waals surface area contributed by atoms with Crippen LogP contribution in [0.15, 0.2) is 34.9 Å². The zero-order chi connectivity index (χ0) is 14.9. The number of hydrogen-bond acceptors (Lipinski definition) is 2. The molecule has 0 atom stereocenters. The SMILES string of the molecule is CC(C)n1cc(N)cc1C(=O)Nc1ccc(Cl)cc1Br. The first-order chi connectivity index (χ1) is 9.38. The van der Waals surface area contributed by atoms with Crippen LogP contribution < -0.4 is 11.1 Å². The van der Waals surface area contributed by atoms with Crippen LogP contribution in [-0.4, -0.2) is 10.5 Å². The highest BCUT2D eigenvalue weighted by Gasteiger charge is 2.16. The lowest BCUT2D eigenvalue weighted by molar-refractivity contribution is 0.101. The van der Waals surface area contributed by atoms with E-state index in [-0.39, 0.29) is 11.9 Å². The fourth-order valence-corrected chi connectivity index (χ4v) is 2.67. The minimum atomic E-state index is -0.210. The van der Waals surface area contributed by atoms with Crippen LogP contribution in [0.4, 0.5) is 11.4 Å². The van der Waals surface area contributed by atoms with E-state index in [1.165, 1.54) is 0 Å². The fourth-order valence-electron chi connectivity index (χ4n) is 1.89. The van der Waals surface area contributed by atoms with Crippen molar-refractivity contribution in [2.45, 2.75) is 19.9 Å². The van der Waals surface area contributed by atoms with Crippen LogP contribution in [-0.2, 0) is 0 Å². The number of nitrogens with one attached hydrogen (secondary N) is 1. The van der Waals surface area contributed by atoms with E-state index < -0.39 is 0 Å². The molecule has 0 saturated carbocycles. The summed E-state index contributed by atoms with van der Waals surface area (Å²) in [6.45, 7) is 3.99. The lowest BCUT2D eigenvalue weighted by Gasteiger charge is -2.13. The summed E-state index contributed by atoms with van der Waals surface area (Å²) in [5.41, 5.74) is 7.53. The Hall–Kier alpha value is -1.46. The summed E-state index contributed by atoms with van der Waals surface area (Å²) in [6, 6.07) is 7.02. The van der Waals surface area contributed by atoms with E-state index in [1.54, 1.807) is 30.5 Å². The maximum atomic E-state index is 12.3. The predicted molar refractivity (Wildman–Crippen MR) is 86.3 cm³/mol. The molecule has 0 radical (unpaired) electrons. The summed E-state index contributed by atoms with van der Waals surface area (Å²) in [5, 5.41) is 3.44. The molecule has 106 valence electrons. The third-order valence-corrected chi connectivity index (χ3v) is 3.73. The van der Waals surface area contributed by atoms with Gasteiger partial charge in [-0.1, -0.05) is 11.6 Å². The minimum Gasteiger partial charge on any atom is -0.397 e. The zero-order valence-corrected chi connectivity index (χ0v) is 13.5. The molecule has 4 nitrogen and oxygen atoms in total. The summed E-state index contributed by atoms with van der Waals surface area (Å²) in [5.74, 6) is -0.210. The number of benzene rings is 1. The Morgan fingerprint density at radius 1 is 1.40 bits per heavy atom. The van der Waals surface area contributed by atoms with Crippen molar-refractivity contribution in [2.24, 2.45) is 0 Å². The molecule has 3 N–H and O–H groups in total. The van der Waals surface area contributed by atoms with Gasteiger partial charge in [0.15, 0.2) is 0 Å². The van der Waals surface area contributed by atoms with Gasteiger partial charge in [-0.3, -0.25) is 4.79 Å². The zero-order valence-electron chi connectivity index (χ0n) is 11.2. The van der Waals surface area contributed by atoms with Crippen molar-refractivity contribution < 1.29 is 4.79 Å². The Morgan fingerprint density at radius 2 is 2.10 bits per heavy atom. The van der Waals surface area contributed by atoms with Gasteiger partial charge in [-0.2, -0.15) is 0 Å². The van der Waals surface area contributed by atoms with Crippen molar-refractivity contribution in [3.8, 4) is 0 Å². The van der Waals surface area contributed by atoms with Crippen LogP contribution in [0, 0.1) is 0 Å². The Kier molecular flexibility index (Phi) is 4.40. The molecule has 0 bridgehead atoms. The molecule has 1 heterocycles. The number of nitrogens with zero attached hydrogens (tertiary/aromatic N) is 1. The van der Waals surface area contributed by atoms with Gasteiger partial charge in [0.2, 0.25) is 0 Å². The van der Waals surface area contributed by atoms with E-state index in [0.29, 0.717) is 22.1 Å². The van der Waals surface area contributed by atoms with E-state index in [0.717, 1.165) is 4.47 Å². The van der Waals surface area contributed by atoms with Gasteiger partial charge in [-0.05, 0) is 54.0 Å². The maximum absolute atomic E-state index is 12.3. The second-order valence-electron chi connectivity index (χ2n) is 4.74. The topological polar surface area (TPSA) is 60.0 Å². The Morgan fingerprint density at radius 3 is 2.70 bits per heavy atom. The van der Waals surface area contributed by atoms with Crippen molar-refractivity contribution in [1.82, 2.24) is 4.57 Å². The van der Waals surface area contributed by atoms with Crippen LogP contribution in [0.2, 0.25) is 5.02 Å². The second kappa shape index (κ2) is 5.89. The fraction of sp³-hybridized carbons (Fsp3) is 0.214. The van der Waals surface area contributed by atoms with Crippen molar-refractivity contribution in [3.63, 3.8) is 0 Å². The quantitative estimate of drug-likeness (QED) is 0.860. The van der Waals surface area contributed by atoms with Crippen molar-refractivity contribution in [3.05, 3.63) is 45.7 Å². The van der Waals surface area contributed by atoms with Crippen LogP contribution in [0.1, 0.15) is 30.4 Å². The molecule has 2 rings (SSSR count). The predicted octanol–water partition coefficient (Wildman–Crippen LogP) is 4.32. The summed E-state index contributed by atoms with van der Waals surface area (Å²) in [4.78, 5) is 12.3. The third kappa shape index (κ3) is 3.16. The number of anilines is 2. The van der Waals surface area contributed by atoms with E-state index >= 15 is 0 Å². The summed E-state index contributed by atoms with van der Waals surface area (Å²) in [7, 11) is 0. The van der Waals surface area contributed by atoms with E-state index in [1.807, 2.05) is 18.4 Å². The molecule has 1 aromatic carbocycles. The van der Waals surface area contributed by atoms with Gasteiger partial charge in [0.25, 0.3) is 5.91 Å². The van der Waals surface area contributed by atoms with Gasteiger partial charge in [-0.15, -0.1) is 0 Å². The number of hydrogen-bond donors (Lipinski definition) is 2. The largest absolute Gasteiger partial charge is 0.397 e. The molecular formula is C14H15BrClN3O. The van der Waals surface area contributed by atoms with Gasteiger partial charge in [-0.25, -0.2) is 0 Å². The second-order valence-corrected chi connectivity index (χ2v) is 6.03. The number of carbonyl (C=O) groups excluding carboxylic acids is 1. The molecule has 0 spiro atoms. The van der Waals surface area contributed by atoms with Gasteiger partial charge < -0.3 is 15.6 Å². The van der Waals surface area contributed by atoms with Crippen LogP contribution in [0.25, 0.3) is 0 Å². The first-order valence-corrected chi connectivity index (χ1v) is 7.29. The monoisotopic (exact) mass is 355 g/mol. The number of nitrogens with two attached hydrogens (primary N) is 1. The standard InChI is InChI=1S/C14H15BrClN3O/c1-8(2)19-7-10(17)6-13(19)14(20)18-12-4-3-9(16)5-11(12)15/h3-8H,17H2,1-2H3,(H,18,20). The average Bonchev–Trinajstić information content (AvgIpc) is 2.75. The first-order valence-electron chi connectivity index (χ1n) is 6.12. The number of rotatable bonds is 3. The third-order valence-electron chi connectivity index (χ3n) is 2.84. The molecule has 0 fully saturated rings. The molecule has 0 aliphatic heterocycles. The normalized spacial score (nSPS) is 10.8. The van der Waals surface area contributed by atoms with E-state index in [4.69, 9.17) is 17.3 Å². The average molecular weight is 357 g/mol. The van der Waals surface area contributed by atoms with Gasteiger partial charge >= 0.3 is 0 Å². The highest BCUT2D eigenvalue weighted by Crippen LogP contribution is 2.27. The van der Waals surface area contributed by atoms with Crippen molar-refractivity contribution >= 4 is 44.8 Å². The van der Waals surface area contributed by atoms with Gasteiger partial charge in [0, 0.05) is 21.7 Å². The highest BCUT2D eigenvalue weighted by atomic mass is 79.9. The molecule has 2 aromatic rings. The molecular weight excluding hydrogens is 342 g/mol. The summed E-state index contributed by atoms with van der Waals surface area (Å²) < 4.78 is 2.57. The van der Waals surface area contributed by atoms with Crippen LogP contribution >= 0.6 is 27.5 Å². The van der Waals surface area contributed by atoms with Gasteiger partial charge in [0.05, 0.1) is 11.4 Å². The van der Waals surface area contributed by atoms with Crippen LogP contribution in [0.3, 0.4) is 0 Å². The number of carbonyl (C=O) groups is 1. The lowest BCUT2D eigenvalue weighted by atomic mass is 10.3. The number of aromatic nitrogens is 1. The number of amides is 1. The molecule has 6 heteroatoms. The molecule has 0 aliphatic carbocycles. The van der Waals surface area contributed by atoms with E-state index in [2.05, 4.69) is 21.2 Å². The molecule has 20 heavy (non-hydrogen) atoms. The molecule has 0 aliphatic rings. The maximum Gasteiger partial charge on any atom is 0.272 e. The Bertz CT molecular complexity index is 652. The van der Waals surface area contributed by atoms with Gasteiger partial charge in [0.1, 0.15) is 5.69 Å². The summed E-state index contributed by atoms with van der Waals surface area (Å²) >= 11 is 9.25. The lowest BCUT2D eigenvalue weighted by Crippen LogP contribution is -2.18. The Balaban J connectivity index is 2.28. The van der Waals surface area contributed by atoms with E-state index in [9.17, 15) is 4.79 Å². The first kappa shape index (κ1) is 14.9. The van der Waals surface area contributed by atoms with Crippen molar-refractivity contribution in [2.75, 3.05) is 11.1 Å². The minimum absolute atomic E-state index is 0.154. The molecule has 1 aromatic heterocycles. The number of nitrogen functional groups attached to an aromatic ring is 1. The van der Waals surface area contributed by atoms with Crippen molar-refractivity contribution in [1.29, 1.82) is 0 Å². The molecule has 0 saturated heterocycles. The number of halogens is 2. The molecule has 1 amide bonds. The smallest absolute Gasteiger partial charge is 0.272 e.